The van der Waals surface area contributed by atoms with E-state index in [0.29, 0.717) is 18.5 Å². The Morgan fingerprint density at radius 3 is 3.05 bits per heavy atom. The molecule has 2 fully saturated rings. The average molecular weight is 307 g/mol. The van der Waals surface area contributed by atoms with Crippen LogP contribution in [-0.2, 0) is 4.74 Å². The van der Waals surface area contributed by atoms with Gasteiger partial charge in [0, 0.05) is 18.2 Å². The molecule has 1 amide bonds. The van der Waals surface area contributed by atoms with Crippen LogP contribution in [-0.4, -0.2) is 39.0 Å². The van der Waals surface area contributed by atoms with E-state index in [9.17, 15) is 9.90 Å². The second-order valence-corrected chi connectivity index (χ2v) is 6.09. The minimum Gasteiger partial charge on any atom is -0.465 e. The fraction of sp³-hybridized carbons (Fsp3) is 0.600. The summed E-state index contributed by atoms with van der Waals surface area (Å²) in [5, 5.41) is 22.5. The molecule has 3 rings (SSSR count). The molecule has 22 heavy (non-hydrogen) atoms. The maximum Gasteiger partial charge on any atom is 0.404 e. The minimum absolute atomic E-state index is 0.344. The molecule has 0 bridgehead atoms. The van der Waals surface area contributed by atoms with E-state index in [1.54, 1.807) is 18.5 Å². The second kappa shape index (κ2) is 5.73. The molecule has 1 aromatic rings. The van der Waals surface area contributed by atoms with Gasteiger partial charge in [-0.1, -0.05) is 12.8 Å². The first kappa shape index (κ1) is 15.1. The van der Waals surface area contributed by atoms with Crippen molar-refractivity contribution in [3.05, 3.63) is 24.0 Å². The molecule has 4 atom stereocenters. The predicted octanol–water partition coefficient (Wildman–Crippen LogP) is 1.44. The van der Waals surface area contributed by atoms with Crippen molar-refractivity contribution in [2.75, 3.05) is 5.73 Å². The number of ether oxygens (including phenoxy) is 1. The molecule has 0 spiro atoms. The van der Waals surface area contributed by atoms with Gasteiger partial charge in [-0.15, -0.1) is 0 Å². The highest BCUT2D eigenvalue weighted by atomic mass is 16.5. The molecule has 7 nitrogen and oxygen atoms in total. The molecular weight excluding hydrogens is 286 g/mol. The molecule has 0 aromatic carbocycles. The number of nitrogen functional groups attached to an aromatic ring is 1. The Bertz CT molecular complexity index is 567. The molecule has 1 saturated heterocycles. The number of aromatic nitrogens is 1. The maximum atomic E-state index is 11.1. The van der Waals surface area contributed by atoms with E-state index in [1.807, 2.05) is 0 Å². The van der Waals surface area contributed by atoms with E-state index >= 15 is 0 Å². The van der Waals surface area contributed by atoms with E-state index in [1.165, 1.54) is 0 Å². The zero-order chi connectivity index (χ0) is 15.7. The van der Waals surface area contributed by atoms with Gasteiger partial charge in [-0.2, -0.15) is 0 Å². The summed E-state index contributed by atoms with van der Waals surface area (Å²) >= 11 is 0. The van der Waals surface area contributed by atoms with Gasteiger partial charge in [0.15, 0.2) is 0 Å². The van der Waals surface area contributed by atoms with Crippen LogP contribution in [0, 0.1) is 0 Å². The van der Waals surface area contributed by atoms with Crippen molar-refractivity contribution in [3.63, 3.8) is 0 Å². The van der Waals surface area contributed by atoms with Gasteiger partial charge in [0.1, 0.15) is 5.60 Å². The lowest BCUT2D eigenvalue weighted by Gasteiger charge is -2.50. The fourth-order valence-electron chi connectivity index (χ4n) is 3.65. The number of nitrogens with one attached hydrogen (secondary N) is 1. The number of carboxylic acid groups (broad SMARTS) is 1. The van der Waals surface area contributed by atoms with Crippen LogP contribution in [0.3, 0.4) is 0 Å². The first-order chi connectivity index (χ1) is 10.5. The molecule has 2 heterocycles. The third-order valence-electron chi connectivity index (χ3n) is 4.76. The number of aliphatic hydroxyl groups is 1. The molecule has 0 radical (unpaired) electrons. The zero-order valence-electron chi connectivity index (χ0n) is 12.2. The molecular formula is C15H21N3O4. The molecule has 2 aliphatic rings. The van der Waals surface area contributed by atoms with E-state index in [0.717, 1.165) is 24.8 Å². The number of fused-ring (bicyclic) bond motifs is 1. The van der Waals surface area contributed by atoms with Crippen molar-refractivity contribution >= 4 is 11.8 Å². The normalized spacial score (nSPS) is 34.7. The van der Waals surface area contributed by atoms with Crippen LogP contribution in [0.25, 0.3) is 0 Å². The van der Waals surface area contributed by atoms with Gasteiger partial charge in [-0.25, -0.2) is 4.79 Å². The molecule has 0 unspecified atom stereocenters. The molecule has 1 aromatic heterocycles. The van der Waals surface area contributed by atoms with Crippen molar-refractivity contribution in [1.82, 2.24) is 10.3 Å². The van der Waals surface area contributed by atoms with Crippen LogP contribution in [0.2, 0.25) is 0 Å². The summed E-state index contributed by atoms with van der Waals surface area (Å²) in [7, 11) is 0. The van der Waals surface area contributed by atoms with Crippen molar-refractivity contribution in [3.8, 4) is 0 Å². The van der Waals surface area contributed by atoms with Crippen molar-refractivity contribution in [2.24, 2.45) is 0 Å². The van der Waals surface area contributed by atoms with Gasteiger partial charge >= 0.3 is 6.09 Å². The third-order valence-corrected chi connectivity index (χ3v) is 4.76. The summed E-state index contributed by atoms with van der Waals surface area (Å²) in [6.07, 6.45) is 4.78. The van der Waals surface area contributed by atoms with Gasteiger partial charge < -0.3 is 26.0 Å². The van der Waals surface area contributed by atoms with E-state index in [4.69, 9.17) is 15.6 Å². The van der Waals surface area contributed by atoms with Gasteiger partial charge in [0.25, 0.3) is 0 Å². The number of anilines is 1. The first-order valence-electron chi connectivity index (χ1n) is 7.57. The number of nitrogens with two attached hydrogens (primary N) is 1. The molecule has 1 saturated carbocycles. The Morgan fingerprint density at radius 2 is 2.32 bits per heavy atom. The Kier molecular flexibility index (Phi) is 3.92. The van der Waals surface area contributed by atoms with Crippen LogP contribution in [0.1, 0.15) is 43.8 Å². The standard InChI is InChI=1S/C15H21N3O4/c16-10-8-17-6-4-9(10)11-7-12(18-14(19)20)15(21)5-2-1-3-13(15)22-11/h4,6,8,11-13,18,21H,1-3,5,7,16H2,(H,19,20)/t11-,12-,13-,15+/m1/s1. The lowest BCUT2D eigenvalue weighted by molar-refractivity contribution is -0.207. The third kappa shape index (κ3) is 2.62. The SMILES string of the molecule is Nc1cnccc1[C@H]1C[C@@H](NC(=O)O)[C@@]2(O)CCCC[C@H]2O1. The van der Waals surface area contributed by atoms with Crippen molar-refractivity contribution in [2.45, 2.75) is 56.0 Å². The van der Waals surface area contributed by atoms with Gasteiger partial charge in [-0.3, -0.25) is 4.98 Å². The highest BCUT2D eigenvalue weighted by molar-refractivity contribution is 5.65. The Hall–Kier alpha value is -1.86. The Morgan fingerprint density at radius 1 is 1.50 bits per heavy atom. The van der Waals surface area contributed by atoms with Crippen LogP contribution >= 0.6 is 0 Å². The number of nitrogens with zero attached hydrogens (tertiary/aromatic N) is 1. The summed E-state index contributed by atoms with van der Waals surface area (Å²) in [5.41, 5.74) is 6.12. The summed E-state index contributed by atoms with van der Waals surface area (Å²) in [6, 6.07) is 1.21. The van der Waals surface area contributed by atoms with E-state index in [-0.39, 0.29) is 12.2 Å². The largest absolute Gasteiger partial charge is 0.465 e. The number of amides is 1. The topological polar surface area (TPSA) is 118 Å². The molecule has 1 aliphatic carbocycles. The van der Waals surface area contributed by atoms with E-state index < -0.39 is 17.7 Å². The highest BCUT2D eigenvalue weighted by Gasteiger charge is 2.52. The highest BCUT2D eigenvalue weighted by Crippen LogP contribution is 2.44. The lowest BCUT2D eigenvalue weighted by atomic mass is 9.72. The lowest BCUT2D eigenvalue weighted by Crippen LogP contribution is -2.64. The average Bonchev–Trinajstić information content (AvgIpc) is 2.48. The smallest absolute Gasteiger partial charge is 0.404 e. The molecule has 5 N–H and O–H groups in total. The zero-order valence-corrected chi connectivity index (χ0v) is 12.2. The van der Waals surface area contributed by atoms with E-state index in [2.05, 4.69) is 10.3 Å². The summed E-state index contributed by atoms with van der Waals surface area (Å²) in [4.78, 5) is 15.1. The first-order valence-corrected chi connectivity index (χ1v) is 7.57. The van der Waals surface area contributed by atoms with Gasteiger partial charge in [0.05, 0.1) is 30.1 Å². The predicted molar refractivity (Wildman–Crippen MR) is 79.2 cm³/mol. The second-order valence-electron chi connectivity index (χ2n) is 6.09. The maximum absolute atomic E-state index is 11.1. The number of hydrogen-bond acceptors (Lipinski definition) is 5. The van der Waals surface area contributed by atoms with Crippen LogP contribution in [0.15, 0.2) is 18.5 Å². The van der Waals surface area contributed by atoms with Crippen LogP contribution in [0.5, 0.6) is 0 Å². The number of hydrogen-bond donors (Lipinski definition) is 4. The summed E-state index contributed by atoms with van der Waals surface area (Å²) in [5.74, 6) is 0. The molecule has 7 heteroatoms. The van der Waals surface area contributed by atoms with Gasteiger partial charge in [0.2, 0.25) is 0 Å². The number of carbonyl (C=O) groups is 1. The monoisotopic (exact) mass is 307 g/mol. The quantitative estimate of drug-likeness (QED) is 0.656. The molecule has 120 valence electrons. The summed E-state index contributed by atoms with van der Waals surface area (Å²) in [6.45, 7) is 0. The van der Waals surface area contributed by atoms with Gasteiger partial charge in [-0.05, 0) is 18.9 Å². The van der Waals surface area contributed by atoms with Crippen molar-refractivity contribution in [1.29, 1.82) is 0 Å². The Labute approximate surface area is 128 Å². The van der Waals surface area contributed by atoms with Crippen molar-refractivity contribution < 1.29 is 19.7 Å². The number of pyridine rings is 1. The minimum atomic E-state index is -1.14. The molecule has 1 aliphatic heterocycles. The Balaban J connectivity index is 1.90. The summed E-state index contributed by atoms with van der Waals surface area (Å²) < 4.78 is 6.08. The number of rotatable bonds is 2. The van der Waals surface area contributed by atoms with Crippen LogP contribution < -0.4 is 11.1 Å². The van der Waals surface area contributed by atoms with Crippen LogP contribution in [0.4, 0.5) is 10.5 Å². The fourth-order valence-corrected chi connectivity index (χ4v) is 3.65.